The minimum Gasteiger partial charge on any atom is -0.391 e. The van der Waals surface area contributed by atoms with Crippen LogP contribution in [0.15, 0.2) is 0 Å². The summed E-state index contributed by atoms with van der Waals surface area (Å²) in [7, 11) is 0. The highest BCUT2D eigenvalue weighted by Crippen LogP contribution is 2.19. The highest BCUT2D eigenvalue weighted by Gasteiger charge is 2.42. The Bertz CT molecular complexity index is 533. The maximum Gasteiger partial charge on any atom is 0.246 e. The van der Waals surface area contributed by atoms with Gasteiger partial charge in [-0.3, -0.25) is 19.2 Å². The fraction of sp³-hybridized carbons (Fsp3) is 0.692. The molecule has 2 heterocycles. The SMILES string of the molecule is CC(=O)N(CC(=O)N1CC(=O)NC1(C)C)N1CC(O)CC1=O. The van der Waals surface area contributed by atoms with Gasteiger partial charge in [-0.2, -0.15) is 0 Å². The molecular weight excluding hydrogens is 292 g/mol. The van der Waals surface area contributed by atoms with Crippen molar-refractivity contribution in [3.8, 4) is 0 Å². The number of hydrogen-bond donors (Lipinski definition) is 2. The Kier molecular flexibility index (Phi) is 4.10. The van der Waals surface area contributed by atoms with Gasteiger partial charge >= 0.3 is 0 Å². The predicted octanol–water partition coefficient (Wildman–Crippen LogP) is -1.96. The van der Waals surface area contributed by atoms with Crippen molar-refractivity contribution in [2.45, 2.75) is 39.0 Å². The third-order valence-electron chi connectivity index (χ3n) is 3.74. The molecule has 1 unspecified atom stereocenters. The Morgan fingerprint density at radius 2 is 2.05 bits per heavy atom. The maximum atomic E-state index is 12.4. The van der Waals surface area contributed by atoms with Crippen molar-refractivity contribution in [2.24, 2.45) is 0 Å². The zero-order valence-electron chi connectivity index (χ0n) is 12.8. The van der Waals surface area contributed by atoms with Crippen LogP contribution in [0.25, 0.3) is 0 Å². The van der Waals surface area contributed by atoms with Crippen molar-refractivity contribution in [3.05, 3.63) is 0 Å². The number of rotatable bonds is 3. The number of amides is 4. The lowest BCUT2D eigenvalue weighted by Crippen LogP contribution is -2.55. The van der Waals surface area contributed by atoms with Crippen LogP contribution < -0.4 is 5.32 Å². The molecule has 2 fully saturated rings. The summed E-state index contributed by atoms with van der Waals surface area (Å²) < 4.78 is 0. The minimum atomic E-state index is -0.851. The molecule has 9 nitrogen and oxygen atoms in total. The molecule has 0 saturated carbocycles. The number of nitrogens with zero attached hydrogens (tertiary/aromatic N) is 3. The van der Waals surface area contributed by atoms with E-state index < -0.39 is 29.5 Å². The molecule has 1 atom stereocenters. The van der Waals surface area contributed by atoms with Crippen molar-refractivity contribution >= 4 is 23.6 Å². The van der Waals surface area contributed by atoms with E-state index in [9.17, 15) is 24.3 Å². The van der Waals surface area contributed by atoms with E-state index in [2.05, 4.69) is 5.32 Å². The van der Waals surface area contributed by atoms with E-state index >= 15 is 0 Å². The average molecular weight is 312 g/mol. The Balaban J connectivity index is 2.12. The highest BCUT2D eigenvalue weighted by atomic mass is 16.3. The molecule has 0 bridgehead atoms. The van der Waals surface area contributed by atoms with Gasteiger partial charge in [-0.25, -0.2) is 10.0 Å². The topological polar surface area (TPSA) is 110 Å². The van der Waals surface area contributed by atoms with E-state index in [1.54, 1.807) is 13.8 Å². The summed E-state index contributed by atoms with van der Waals surface area (Å²) in [5, 5.41) is 14.3. The number of nitrogens with one attached hydrogen (secondary N) is 1. The van der Waals surface area contributed by atoms with Crippen molar-refractivity contribution in [3.63, 3.8) is 0 Å². The first-order chi connectivity index (χ1) is 10.1. The normalized spacial score (nSPS) is 23.7. The molecule has 2 N–H and O–H groups in total. The molecule has 0 aliphatic carbocycles. The van der Waals surface area contributed by atoms with Crippen LogP contribution in [0.1, 0.15) is 27.2 Å². The first-order valence-corrected chi connectivity index (χ1v) is 6.99. The fourth-order valence-corrected chi connectivity index (χ4v) is 2.68. The molecule has 2 saturated heterocycles. The molecule has 2 aliphatic rings. The molecule has 4 amide bonds. The van der Waals surface area contributed by atoms with Crippen LogP contribution in [-0.2, 0) is 19.2 Å². The van der Waals surface area contributed by atoms with E-state index in [4.69, 9.17) is 0 Å². The quantitative estimate of drug-likeness (QED) is 0.628. The van der Waals surface area contributed by atoms with Gasteiger partial charge in [-0.05, 0) is 13.8 Å². The first-order valence-electron chi connectivity index (χ1n) is 6.99. The molecule has 2 rings (SSSR count). The molecule has 0 radical (unpaired) electrons. The smallest absolute Gasteiger partial charge is 0.246 e. The molecule has 2 aliphatic heterocycles. The average Bonchev–Trinajstić information content (AvgIpc) is 2.84. The summed E-state index contributed by atoms with van der Waals surface area (Å²) in [6, 6.07) is 0. The lowest BCUT2D eigenvalue weighted by molar-refractivity contribution is -0.163. The van der Waals surface area contributed by atoms with Gasteiger partial charge in [0.25, 0.3) is 0 Å². The Hall–Kier alpha value is -2.16. The van der Waals surface area contributed by atoms with Crippen LogP contribution >= 0.6 is 0 Å². The minimum absolute atomic E-state index is 0.0216. The summed E-state index contributed by atoms with van der Waals surface area (Å²) in [5.74, 6) is -1.62. The van der Waals surface area contributed by atoms with Gasteiger partial charge in [0.05, 0.1) is 19.1 Å². The van der Waals surface area contributed by atoms with Gasteiger partial charge in [0.15, 0.2) is 0 Å². The molecule has 122 valence electrons. The number of carbonyl (C=O) groups excluding carboxylic acids is 4. The van der Waals surface area contributed by atoms with Crippen molar-refractivity contribution < 1.29 is 24.3 Å². The monoisotopic (exact) mass is 312 g/mol. The van der Waals surface area contributed by atoms with Crippen LogP contribution in [0, 0.1) is 0 Å². The van der Waals surface area contributed by atoms with Crippen LogP contribution in [0.4, 0.5) is 0 Å². The summed E-state index contributed by atoms with van der Waals surface area (Å²) in [6.07, 6.45) is -0.927. The number of aliphatic hydroxyl groups excluding tert-OH is 1. The van der Waals surface area contributed by atoms with E-state index in [-0.39, 0.29) is 32.0 Å². The maximum absolute atomic E-state index is 12.4. The zero-order chi connectivity index (χ0) is 16.7. The second-order valence-electron chi connectivity index (χ2n) is 6.00. The van der Waals surface area contributed by atoms with Crippen LogP contribution in [0.5, 0.6) is 0 Å². The van der Waals surface area contributed by atoms with Gasteiger partial charge in [-0.1, -0.05) is 0 Å². The Morgan fingerprint density at radius 3 is 2.45 bits per heavy atom. The first kappa shape index (κ1) is 16.2. The number of hydrazine groups is 1. The van der Waals surface area contributed by atoms with E-state index in [0.29, 0.717) is 0 Å². The predicted molar refractivity (Wildman–Crippen MR) is 73.7 cm³/mol. The third-order valence-corrected chi connectivity index (χ3v) is 3.74. The van der Waals surface area contributed by atoms with Gasteiger partial charge in [0.1, 0.15) is 18.8 Å². The highest BCUT2D eigenvalue weighted by molar-refractivity contribution is 5.92. The molecule has 9 heteroatoms. The van der Waals surface area contributed by atoms with Gasteiger partial charge in [-0.15, -0.1) is 0 Å². The van der Waals surface area contributed by atoms with E-state index in [1.807, 2.05) is 0 Å². The number of aliphatic hydroxyl groups is 1. The Labute approximate surface area is 127 Å². The lowest BCUT2D eigenvalue weighted by atomic mass is 10.2. The molecule has 22 heavy (non-hydrogen) atoms. The summed E-state index contributed by atoms with van der Waals surface area (Å²) >= 11 is 0. The van der Waals surface area contributed by atoms with Crippen LogP contribution in [-0.4, -0.2) is 75.1 Å². The number of carbonyl (C=O) groups is 4. The van der Waals surface area contributed by atoms with Crippen molar-refractivity contribution in [1.29, 1.82) is 0 Å². The van der Waals surface area contributed by atoms with E-state index in [1.165, 1.54) is 11.8 Å². The molecule has 0 aromatic heterocycles. The second-order valence-corrected chi connectivity index (χ2v) is 6.00. The second kappa shape index (κ2) is 5.56. The van der Waals surface area contributed by atoms with Crippen molar-refractivity contribution in [2.75, 3.05) is 19.6 Å². The molecule has 0 spiro atoms. The molecule has 0 aromatic carbocycles. The summed E-state index contributed by atoms with van der Waals surface area (Å²) in [5.41, 5.74) is -0.842. The number of hydrogen-bond acceptors (Lipinski definition) is 5. The molecule has 0 aromatic rings. The van der Waals surface area contributed by atoms with Gasteiger partial charge < -0.3 is 15.3 Å². The third kappa shape index (κ3) is 3.03. The van der Waals surface area contributed by atoms with Crippen molar-refractivity contribution in [1.82, 2.24) is 20.2 Å². The largest absolute Gasteiger partial charge is 0.391 e. The Morgan fingerprint density at radius 1 is 1.41 bits per heavy atom. The summed E-state index contributed by atoms with van der Waals surface area (Å²) in [4.78, 5) is 48.7. The lowest BCUT2D eigenvalue weighted by Gasteiger charge is -2.35. The van der Waals surface area contributed by atoms with Crippen LogP contribution in [0.3, 0.4) is 0 Å². The summed E-state index contributed by atoms with van der Waals surface area (Å²) in [6.45, 7) is 4.13. The zero-order valence-corrected chi connectivity index (χ0v) is 12.8. The van der Waals surface area contributed by atoms with Crippen LogP contribution in [0.2, 0.25) is 0 Å². The van der Waals surface area contributed by atoms with E-state index in [0.717, 1.165) is 10.0 Å². The van der Waals surface area contributed by atoms with Gasteiger partial charge in [0.2, 0.25) is 23.6 Å². The standard InChI is InChI=1S/C13H20N4O5/c1-8(18)16(17-5-9(19)4-11(17)21)7-12(22)15-6-10(20)14-13(15,2)3/h9,19H,4-7H2,1-3H3,(H,14,20). The van der Waals surface area contributed by atoms with Gasteiger partial charge in [0, 0.05) is 6.92 Å². The molecular formula is C13H20N4O5. The number of β-amino-alcohol motifs (C(OH)–C–C–N with tert-alkyl or cyclic N) is 1. The fourth-order valence-electron chi connectivity index (χ4n) is 2.68.